The van der Waals surface area contributed by atoms with Gasteiger partial charge in [-0.25, -0.2) is 4.39 Å². The van der Waals surface area contributed by atoms with Crippen molar-refractivity contribution >= 4 is 17.5 Å². The summed E-state index contributed by atoms with van der Waals surface area (Å²) in [5.41, 5.74) is 6.45. The number of rotatable bonds is 8. The molecule has 0 aliphatic heterocycles. The van der Waals surface area contributed by atoms with Gasteiger partial charge in [-0.15, -0.1) is 0 Å². The second kappa shape index (κ2) is 8.39. The lowest BCUT2D eigenvalue weighted by molar-refractivity contribution is -0.386. The molecule has 10 heteroatoms. The fourth-order valence-corrected chi connectivity index (χ4v) is 2.71. The van der Waals surface area contributed by atoms with Crippen LogP contribution < -0.4 is 11.1 Å². The smallest absolute Gasteiger partial charge is 0.312 e. The minimum atomic E-state index is -0.672. The second-order valence-electron chi connectivity index (χ2n) is 6.17. The summed E-state index contributed by atoms with van der Waals surface area (Å²) in [5.74, 6) is -2.11. The minimum Gasteiger partial charge on any atom is -0.369 e. The van der Waals surface area contributed by atoms with Crippen LogP contribution in [-0.4, -0.2) is 33.1 Å². The van der Waals surface area contributed by atoms with Crippen LogP contribution in [0.3, 0.4) is 0 Å². The lowest BCUT2D eigenvalue weighted by Crippen LogP contribution is -2.38. The van der Waals surface area contributed by atoms with Crippen molar-refractivity contribution in [2.24, 2.45) is 11.7 Å². The van der Waals surface area contributed by atoms with Gasteiger partial charge >= 0.3 is 5.69 Å². The van der Waals surface area contributed by atoms with Crippen molar-refractivity contribution in [1.82, 2.24) is 15.1 Å². The quantitative estimate of drug-likeness (QED) is 0.523. The Bertz CT molecular complexity index is 863. The van der Waals surface area contributed by atoms with Gasteiger partial charge in [-0.3, -0.25) is 24.4 Å². The average Bonchev–Trinajstić information content (AvgIpc) is 2.86. The molecule has 27 heavy (non-hydrogen) atoms. The standard InChI is InChI=1S/C17H20FN5O4/c1-10-16(23(26)27)11(2)22(21-10)9-15(24)20-8-13(17(19)25)7-12-3-5-14(18)6-4-12/h3-6,13H,7-9H2,1-2H3,(H2,19,25)(H,20,24). The summed E-state index contributed by atoms with van der Waals surface area (Å²) in [4.78, 5) is 34.2. The topological polar surface area (TPSA) is 133 Å². The zero-order chi connectivity index (χ0) is 20.1. The van der Waals surface area contributed by atoms with E-state index in [1.807, 2.05) is 0 Å². The van der Waals surface area contributed by atoms with Crippen molar-refractivity contribution in [3.05, 3.63) is 57.1 Å². The highest BCUT2D eigenvalue weighted by Gasteiger charge is 2.23. The summed E-state index contributed by atoms with van der Waals surface area (Å²) in [6, 6.07) is 5.65. The molecule has 1 heterocycles. The van der Waals surface area contributed by atoms with E-state index in [0.29, 0.717) is 5.56 Å². The molecular formula is C17H20FN5O4. The van der Waals surface area contributed by atoms with Gasteiger partial charge in [0.25, 0.3) is 0 Å². The molecule has 0 bridgehead atoms. The van der Waals surface area contributed by atoms with Gasteiger partial charge in [-0.1, -0.05) is 12.1 Å². The maximum Gasteiger partial charge on any atom is 0.312 e. The number of nitrogens with two attached hydrogens (primary N) is 1. The fourth-order valence-electron chi connectivity index (χ4n) is 2.71. The molecule has 0 spiro atoms. The molecule has 0 saturated carbocycles. The molecule has 0 aliphatic carbocycles. The fraction of sp³-hybridized carbons (Fsp3) is 0.353. The number of hydrogen-bond donors (Lipinski definition) is 2. The number of halogens is 1. The molecule has 1 aromatic heterocycles. The molecule has 1 aromatic carbocycles. The number of hydrogen-bond acceptors (Lipinski definition) is 5. The van der Waals surface area contributed by atoms with Crippen molar-refractivity contribution in [2.45, 2.75) is 26.8 Å². The Morgan fingerprint density at radius 3 is 2.48 bits per heavy atom. The summed E-state index contributed by atoms with van der Waals surface area (Å²) < 4.78 is 14.2. The zero-order valence-corrected chi connectivity index (χ0v) is 14.9. The minimum absolute atomic E-state index is 0.00701. The van der Waals surface area contributed by atoms with Crippen molar-refractivity contribution in [3.8, 4) is 0 Å². The Labute approximate surface area is 154 Å². The molecule has 144 valence electrons. The molecule has 0 fully saturated rings. The van der Waals surface area contributed by atoms with Gasteiger partial charge in [-0.05, 0) is 38.0 Å². The van der Waals surface area contributed by atoms with E-state index in [9.17, 15) is 24.1 Å². The van der Waals surface area contributed by atoms with E-state index in [1.165, 1.54) is 30.7 Å². The van der Waals surface area contributed by atoms with E-state index in [4.69, 9.17) is 5.73 Å². The highest BCUT2D eigenvalue weighted by atomic mass is 19.1. The van der Waals surface area contributed by atoms with Crippen LogP contribution in [0.4, 0.5) is 10.1 Å². The monoisotopic (exact) mass is 377 g/mol. The highest BCUT2D eigenvalue weighted by Crippen LogP contribution is 2.21. The van der Waals surface area contributed by atoms with E-state index in [0.717, 1.165) is 0 Å². The normalized spacial score (nSPS) is 11.8. The van der Waals surface area contributed by atoms with Gasteiger partial charge < -0.3 is 11.1 Å². The third-order valence-corrected chi connectivity index (χ3v) is 4.16. The number of carbonyl (C=O) groups excluding carboxylic acids is 2. The summed E-state index contributed by atoms with van der Waals surface area (Å²) in [6.07, 6.45) is 0.251. The van der Waals surface area contributed by atoms with E-state index < -0.39 is 22.7 Å². The van der Waals surface area contributed by atoms with E-state index in [2.05, 4.69) is 10.4 Å². The predicted molar refractivity (Wildman–Crippen MR) is 94.2 cm³/mol. The predicted octanol–water partition coefficient (Wildman–Crippen LogP) is 1.01. The Balaban J connectivity index is 1.98. The third-order valence-electron chi connectivity index (χ3n) is 4.16. The number of nitrogens with zero attached hydrogens (tertiary/aromatic N) is 3. The summed E-state index contributed by atoms with van der Waals surface area (Å²) in [5, 5.41) is 17.6. The molecule has 2 aromatic rings. The molecule has 2 rings (SSSR count). The van der Waals surface area contributed by atoms with Gasteiger partial charge in [-0.2, -0.15) is 5.10 Å². The lowest BCUT2D eigenvalue weighted by Gasteiger charge is -2.15. The first-order valence-corrected chi connectivity index (χ1v) is 8.18. The van der Waals surface area contributed by atoms with Crippen LogP contribution in [0.2, 0.25) is 0 Å². The Morgan fingerprint density at radius 1 is 1.33 bits per heavy atom. The summed E-state index contributed by atoms with van der Waals surface area (Å²) in [7, 11) is 0. The van der Waals surface area contributed by atoms with Gasteiger partial charge in [0.05, 0.1) is 10.8 Å². The first kappa shape index (κ1) is 20.0. The number of amides is 2. The zero-order valence-electron chi connectivity index (χ0n) is 14.9. The largest absolute Gasteiger partial charge is 0.369 e. The summed E-state index contributed by atoms with van der Waals surface area (Å²) in [6.45, 7) is 2.77. The van der Waals surface area contributed by atoms with Crippen molar-refractivity contribution in [3.63, 3.8) is 0 Å². The first-order valence-electron chi connectivity index (χ1n) is 8.18. The van der Waals surface area contributed by atoms with Gasteiger partial charge in [0.15, 0.2) is 0 Å². The Kier molecular flexibility index (Phi) is 6.22. The maximum atomic E-state index is 13.0. The number of aromatic nitrogens is 2. The third kappa shape index (κ3) is 5.09. The Hall–Kier alpha value is -3.30. The average molecular weight is 377 g/mol. The Morgan fingerprint density at radius 2 is 1.96 bits per heavy atom. The second-order valence-corrected chi connectivity index (χ2v) is 6.17. The van der Waals surface area contributed by atoms with E-state index >= 15 is 0 Å². The molecule has 2 amide bonds. The van der Waals surface area contributed by atoms with E-state index in [1.54, 1.807) is 12.1 Å². The number of nitrogens with one attached hydrogen (secondary N) is 1. The van der Waals surface area contributed by atoms with Crippen molar-refractivity contribution in [2.75, 3.05) is 6.54 Å². The SMILES string of the molecule is Cc1nn(CC(=O)NCC(Cc2ccc(F)cc2)C(N)=O)c(C)c1[N+](=O)[O-]. The van der Waals surface area contributed by atoms with Crippen LogP contribution in [0, 0.1) is 35.7 Å². The van der Waals surface area contributed by atoms with Gasteiger partial charge in [0.2, 0.25) is 11.8 Å². The first-order chi connectivity index (χ1) is 12.7. The number of benzene rings is 1. The van der Waals surface area contributed by atoms with Crippen LogP contribution in [0.1, 0.15) is 17.0 Å². The number of primary amides is 1. The van der Waals surface area contributed by atoms with Crippen molar-refractivity contribution in [1.29, 1.82) is 0 Å². The highest BCUT2D eigenvalue weighted by molar-refractivity contribution is 5.79. The number of aryl methyl sites for hydroxylation is 1. The van der Waals surface area contributed by atoms with Gasteiger partial charge in [0, 0.05) is 6.54 Å². The van der Waals surface area contributed by atoms with Crippen LogP contribution in [-0.2, 0) is 22.6 Å². The van der Waals surface area contributed by atoms with Crippen molar-refractivity contribution < 1.29 is 18.9 Å². The molecule has 0 aliphatic rings. The van der Waals surface area contributed by atoms with Crippen LogP contribution >= 0.6 is 0 Å². The lowest BCUT2D eigenvalue weighted by atomic mass is 9.98. The number of nitro groups is 1. The number of carbonyl (C=O) groups is 2. The van der Waals surface area contributed by atoms with E-state index in [-0.39, 0.29) is 42.4 Å². The van der Waals surface area contributed by atoms with Crippen LogP contribution in [0.25, 0.3) is 0 Å². The maximum absolute atomic E-state index is 13.0. The molecule has 1 unspecified atom stereocenters. The van der Waals surface area contributed by atoms with Crippen LogP contribution in [0.15, 0.2) is 24.3 Å². The molecule has 1 atom stereocenters. The summed E-state index contributed by atoms with van der Waals surface area (Å²) >= 11 is 0. The molecule has 3 N–H and O–H groups in total. The molecule has 9 nitrogen and oxygen atoms in total. The molecular weight excluding hydrogens is 357 g/mol. The van der Waals surface area contributed by atoms with Crippen LogP contribution in [0.5, 0.6) is 0 Å². The molecule has 0 saturated heterocycles. The molecule has 0 radical (unpaired) electrons. The van der Waals surface area contributed by atoms with Gasteiger partial charge in [0.1, 0.15) is 23.7 Å².